The number of hydrogen-bond donors (Lipinski definition) is 3. The van der Waals surface area contributed by atoms with Crippen molar-refractivity contribution in [3.05, 3.63) is 59.4 Å². The van der Waals surface area contributed by atoms with Gasteiger partial charge in [0.1, 0.15) is 5.82 Å². The summed E-state index contributed by atoms with van der Waals surface area (Å²) in [6.07, 6.45) is 3.50. The van der Waals surface area contributed by atoms with Gasteiger partial charge >= 0.3 is 0 Å². The monoisotopic (exact) mass is 349 g/mol. The molecule has 0 saturated carbocycles. The van der Waals surface area contributed by atoms with Crippen molar-refractivity contribution in [2.75, 3.05) is 23.8 Å². The molecule has 0 atom stereocenters. The third-order valence-corrected chi connectivity index (χ3v) is 4.01. The Labute approximate surface area is 153 Å². The molecule has 0 aliphatic rings. The standard InChI is InChI=1S/C20H23N5O/c1-13-9-14(2)19(15(3)10-13)24-18-11-17(16-5-4-6-21-12-16)23-20(25-18)22-7-8-26/h4-6,9-12,26H,7-8H2,1-3H3,(H2,22,23,24,25). The number of aryl methyl sites for hydroxylation is 3. The van der Waals surface area contributed by atoms with Gasteiger partial charge in [0.2, 0.25) is 5.95 Å². The third-order valence-electron chi connectivity index (χ3n) is 4.01. The predicted octanol–water partition coefficient (Wildman–Crippen LogP) is 3.61. The molecule has 0 radical (unpaired) electrons. The molecule has 6 nitrogen and oxygen atoms in total. The third kappa shape index (κ3) is 4.15. The van der Waals surface area contributed by atoms with E-state index in [9.17, 15) is 0 Å². The number of aromatic nitrogens is 3. The highest BCUT2D eigenvalue weighted by Gasteiger charge is 2.10. The quantitative estimate of drug-likeness (QED) is 0.630. The molecule has 2 aromatic heterocycles. The molecule has 2 heterocycles. The topological polar surface area (TPSA) is 83.0 Å². The minimum absolute atomic E-state index is 0.0133. The second-order valence-corrected chi connectivity index (χ2v) is 6.25. The lowest BCUT2D eigenvalue weighted by molar-refractivity contribution is 0.311. The summed E-state index contributed by atoms with van der Waals surface area (Å²) in [6, 6.07) is 10.0. The van der Waals surface area contributed by atoms with Crippen molar-refractivity contribution in [1.82, 2.24) is 15.0 Å². The molecule has 1 aromatic carbocycles. The lowest BCUT2D eigenvalue weighted by Crippen LogP contribution is -2.10. The van der Waals surface area contributed by atoms with Crippen LogP contribution >= 0.6 is 0 Å². The summed E-state index contributed by atoms with van der Waals surface area (Å²) in [7, 11) is 0. The molecular formula is C20H23N5O. The molecule has 3 rings (SSSR count). The Kier molecular flexibility index (Phi) is 5.43. The Hall–Kier alpha value is -2.99. The summed E-state index contributed by atoms with van der Waals surface area (Å²) >= 11 is 0. The number of nitrogens with zero attached hydrogens (tertiary/aromatic N) is 3. The van der Waals surface area contributed by atoms with E-state index < -0.39 is 0 Å². The molecule has 0 fully saturated rings. The first kappa shape index (κ1) is 17.8. The van der Waals surface area contributed by atoms with Gasteiger partial charge in [0.15, 0.2) is 0 Å². The zero-order chi connectivity index (χ0) is 18.5. The predicted molar refractivity (Wildman–Crippen MR) is 105 cm³/mol. The SMILES string of the molecule is Cc1cc(C)c(Nc2cc(-c3cccnc3)nc(NCCO)n2)c(C)c1. The van der Waals surface area contributed by atoms with Crippen LogP contribution in [0.2, 0.25) is 0 Å². The van der Waals surface area contributed by atoms with E-state index in [1.165, 1.54) is 5.56 Å². The molecule has 0 bridgehead atoms. The zero-order valence-corrected chi connectivity index (χ0v) is 15.2. The minimum Gasteiger partial charge on any atom is -0.395 e. The maximum Gasteiger partial charge on any atom is 0.225 e. The summed E-state index contributed by atoms with van der Waals surface area (Å²) in [5, 5.41) is 15.5. The molecule has 6 heteroatoms. The van der Waals surface area contributed by atoms with E-state index in [4.69, 9.17) is 5.11 Å². The van der Waals surface area contributed by atoms with Crippen molar-refractivity contribution in [2.45, 2.75) is 20.8 Å². The van der Waals surface area contributed by atoms with Gasteiger partial charge in [-0.15, -0.1) is 0 Å². The second-order valence-electron chi connectivity index (χ2n) is 6.25. The lowest BCUT2D eigenvalue weighted by atomic mass is 10.1. The van der Waals surface area contributed by atoms with Gasteiger partial charge in [-0.2, -0.15) is 4.98 Å². The van der Waals surface area contributed by atoms with E-state index >= 15 is 0 Å². The van der Waals surface area contributed by atoms with Crippen molar-refractivity contribution >= 4 is 17.5 Å². The number of aliphatic hydroxyl groups excluding tert-OH is 1. The van der Waals surface area contributed by atoms with Crippen LogP contribution in [0.1, 0.15) is 16.7 Å². The highest BCUT2D eigenvalue weighted by atomic mass is 16.3. The van der Waals surface area contributed by atoms with Gasteiger partial charge in [0, 0.05) is 36.3 Å². The van der Waals surface area contributed by atoms with E-state index in [1.807, 2.05) is 18.2 Å². The van der Waals surface area contributed by atoms with Crippen molar-refractivity contribution in [3.63, 3.8) is 0 Å². The molecule has 0 unspecified atom stereocenters. The van der Waals surface area contributed by atoms with Crippen LogP contribution in [0.4, 0.5) is 17.5 Å². The molecule has 3 N–H and O–H groups in total. The normalized spacial score (nSPS) is 10.6. The lowest BCUT2D eigenvalue weighted by Gasteiger charge is -2.15. The summed E-state index contributed by atoms with van der Waals surface area (Å²) in [6.45, 7) is 6.65. The van der Waals surface area contributed by atoms with E-state index in [-0.39, 0.29) is 6.61 Å². The minimum atomic E-state index is 0.0133. The summed E-state index contributed by atoms with van der Waals surface area (Å²) in [4.78, 5) is 13.2. The maximum atomic E-state index is 9.07. The molecule has 0 spiro atoms. The fourth-order valence-electron chi connectivity index (χ4n) is 2.93. The Balaban J connectivity index is 2.01. The van der Waals surface area contributed by atoms with Crippen molar-refractivity contribution in [3.8, 4) is 11.3 Å². The van der Waals surface area contributed by atoms with Crippen LogP contribution in [0, 0.1) is 20.8 Å². The van der Waals surface area contributed by atoms with Gasteiger partial charge in [-0.25, -0.2) is 4.98 Å². The molecule has 0 aliphatic heterocycles. The van der Waals surface area contributed by atoms with Crippen molar-refractivity contribution in [1.29, 1.82) is 0 Å². The Morgan fingerprint density at radius 2 is 1.81 bits per heavy atom. The Morgan fingerprint density at radius 3 is 2.46 bits per heavy atom. The van der Waals surface area contributed by atoms with Crippen LogP contribution < -0.4 is 10.6 Å². The van der Waals surface area contributed by atoms with Gasteiger partial charge in [0.25, 0.3) is 0 Å². The fraction of sp³-hybridized carbons (Fsp3) is 0.250. The summed E-state index contributed by atoms with van der Waals surface area (Å²) in [5.74, 6) is 1.15. The molecule has 134 valence electrons. The summed E-state index contributed by atoms with van der Waals surface area (Å²) < 4.78 is 0. The Bertz CT molecular complexity index is 873. The highest BCUT2D eigenvalue weighted by Crippen LogP contribution is 2.27. The smallest absolute Gasteiger partial charge is 0.225 e. The first-order valence-electron chi connectivity index (χ1n) is 8.56. The van der Waals surface area contributed by atoms with Gasteiger partial charge in [-0.3, -0.25) is 4.98 Å². The maximum absolute atomic E-state index is 9.07. The number of anilines is 3. The van der Waals surface area contributed by atoms with Gasteiger partial charge in [-0.05, 0) is 44.0 Å². The van der Waals surface area contributed by atoms with Crippen LogP contribution in [-0.2, 0) is 0 Å². The Morgan fingerprint density at radius 1 is 1.04 bits per heavy atom. The largest absolute Gasteiger partial charge is 0.395 e. The molecule has 0 aliphatic carbocycles. The first-order chi connectivity index (χ1) is 12.6. The van der Waals surface area contributed by atoms with Crippen molar-refractivity contribution in [2.24, 2.45) is 0 Å². The number of rotatable bonds is 6. The van der Waals surface area contributed by atoms with Crippen LogP contribution in [0.3, 0.4) is 0 Å². The molecular weight excluding hydrogens is 326 g/mol. The molecule has 26 heavy (non-hydrogen) atoms. The molecule has 3 aromatic rings. The van der Waals surface area contributed by atoms with E-state index in [0.29, 0.717) is 18.3 Å². The molecule has 0 saturated heterocycles. The molecule has 0 amide bonds. The number of hydrogen-bond acceptors (Lipinski definition) is 6. The number of pyridine rings is 1. The van der Waals surface area contributed by atoms with Crippen LogP contribution in [-0.4, -0.2) is 33.2 Å². The van der Waals surface area contributed by atoms with Crippen molar-refractivity contribution < 1.29 is 5.11 Å². The van der Waals surface area contributed by atoms with Crippen LogP contribution in [0.25, 0.3) is 11.3 Å². The number of nitrogens with one attached hydrogen (secondary N) is 2. The van der Waals surface area contributed by atoms with Gasteiger partial charge in [0.05, 0.1) is 12.3 Å². The average Bonchev–Trinajstić information content (AvgIpc) is 2.63. The van der Waals surface area contributed by atoms with Gasteiger partial charge in [-0.1, -0.05) is 17.7 Å². The number of aliphatic hydroxyl groups is 1. The van der Waals surface area contributed by atoms with E-state index in [1.54, 1.807) is 12.4 Å². The van der Waals surface area contributed by atoms with Gasteiger partial charge < -0.3 is 15.7 Å². The second kappa shape index (κ2) is 7.93. The summed E-state index contributed by atoms with van der Waals surface area (Å²) in [5.41, 5.74) is 6.26. The van der Waals surface area contributed by atoms with Crippen LogP contribution in [0.15, 0.2) is 42.7 Å². The first-order valence-corrected chi connectivity index (χ1v) is 8.56. The van der Waals surface area contributed by atoms with E-state index in [0.717, 1.165) is 28.1 Å². The van der Waals surface area contributed by atoms with E-state index in [2.05, 4.69) is 58.5 Å². The van der Waals surface area contributed by atoms with Crippen LogP contribution in [0.5, 0.6) is 0 Å². The zero-order valence-electron chi connectivity index (χ0n) is 15.2. The highest BCUT2D eigenvalue weighted by molar-refractivity contribution is 5.70. The average molecular weight is 349 g/mol. The fourth-order valence-corrected chi connectivity index (χ4v) is 2.93. The number of benzene rings is 1.